The fraction of sp³-hybridized carbons (Fsp3) is 0.100. The molecule has 4 rings (SSSR count). The van der Waals surface area contributed by atoms with Gasteiger partial charge in [0.05, 0.1) is 0 Å². The molecule has 0 aliphatic rings. The van der Waals surface area contributed by atoms with E-state index in [0.29, 0.717) is 22.8 Å². The maximum absolute atomic E-state index is 12.2. The molecule has 6 nitrogen and oxygen atoms in total. The summed E-state index contributed by atoms with van der Waals surface area (Å²) in [5, 5.41) is 7.93. The van der Waals surface area contributed by atoms with Crippen LogP contribution in [-0.4, -0.2) is 16.8 Å². The number of ether oxygens (including phenoxy) is 2. The van der Waals surface area contributed by atoms with E-state index in [1.165, 1.54) is 12.1 Å². The van der Waals surface area contributed by atoms with Crippen molar-refractivity contribution in [2.24, 2.45) is 0 Å². The van der Waals surface area contributed by atoms with E-state index in [1.807, 2.05) is 24.3 Å². The molecule has 0 aliphatic carbocycles. The van der Waals surface area contributed by atoms with Gasteiger partial charge in [-0.2, -0.15) is 8.78 Å². The first-order chi connectivity index (χ1) is 14.1. The fourth-order valence-electron chi connectivity index (χ4n) is 2.47. The minimum atomic E-state index is -2.88. The van der Waals surface area contributed by atoms with Crippen LogP contribution in [-0.2, 0) is 6.61 Å². The second-order valence-corrected chi connectivity index (χ2v) is 6.74. The summed E-state index contributed by atoms with van der Waals surface area (Å²) < 4.78 is 46.7. The van der Waals surface area contributed by atoms with Crippen LogP contribution in [0.1, 0.15) is 5.76 Å². The molecule has 0 amide bonds. The van der Waals surface area contributed by atoms with Gasteiger partial charge in [-0.25, -0.2) is 0 Å². The number of rotatable bonds is 7. The van der Waals surface area contributed by atoms with Crippen LogP contribution in [0.15, 0.2) is 74.0 Å². The van der Waals surface area contributed by atoms with Crippen LogP contribution in [0.25, 0.3) is 23.1 Å². The third-order valence-corrected chi connectivity index (χ3v) is 4.35. The monoisotopic (exact) mass is 462 g/mol. The smallest absolute Gasteiger partial charge is 0.387 e. The van der Waals surface area contributed by atoms with Gasteiger partial charge in [0.2, 0.25) is 5.89 Å². The molecule has 0 unspecified atom stereocenters. The molecule has 2 heterocycles. The van der Waals surface area contributed by atoms with Crippen LogP contribution in [0, 0.1) is 0 Å². The first-order valence-electron chi connectivity index (χ1n) is 8.43. The maximum Gasteiger partial charge on any atom is 0.387 e. The minimum absolute atomic E-state index is 0.0462. The maximum atomic E-state index is 12.2. The fourth-order valence-corrected chi connectivity index (χ4v) is 2.74. The minimum Gasteiger partial charge on any atom is -0.486 e. The SMILES string of the molecule is FC(F)Oc1ccc(-c2nnc(-c3ccc(COc4ccc(Br)cc4)o3)o2)cc1. The molecule has 9 heteroatoms. The van der Waals surface area contributed by atoms with Crippen molar-refractivity contribution in [3.05, 3.63) is 70.9 Å². The molecule has 0 spiro atoms. The molecular weight excluding hydrogens is 450 g/mol. The molecule has 29 heavy (non-hydrogen) atoms. The Bertz CT molecular complexity index is 1080. The number of hydrogen-bond acceptors (Lipinski definition) is 6. The lowest BCUT2D eigenvalue weighted by molar-refractivity contribution is -0.0498. The lowest BCUT2D eigenvalue weighted by Gasteiger charge is -2.03. The van der Waals surface area contributed by atoms with E-state index in [-0.39, 0.29) is 24.1 Å². The van der Waals surface area contributed by atoms with Crippen molar-refractivity contribution in [1.82, 2.24) is 10.2 Å². The molecule has 2 aromatic carbocycles. The average molecular weight is 463 g/mol. The molecule has 2 aromatic heterocycles. The molecule has 0 aliphatic heterocycles. The Labute approximate surface area is 172 Å². The zero-order chi connectivity index (χ0) is 20.2. The number of nitrogens with zero attached hydrogens (tertiary/aromatic N) is 2. The van der Waals surface area contributed by atoms with Crippen molar-refractivity contribution in [3.8, 4) is 34.6 Å². The molecule has 0 N–H and O–H groups in total. The van der Waals surface area contributed by atoms with Crippen molar-refractivity contribution in [3.63, 3.8) is 0 Å². The van der Waals surface area contributed by atoms with Crippen LogP contribution in [0.4, 0.5) is 8.78 Å². The van der Waals surface area contributed by atoms with E-state index in [2.05, 4.69) is 30.9 Å². The van der Waals surface area contributed by atoms with Crippen molar-refractivity contribution in [2.75, 3.05) is 0 Å². The number of aromatic nitrogens is 2. The average Bonchev–Trinajstić information content (AvgIpc) is 3.37. The first kappa shape index (κ1) is 19.1. The summed E-state index contributed by atoms with van der Waals surface area (Å²) >= 11 is 3.37. The highest BCUT2D eigenvalue weighted by molar-refractivity contribution is 9.10. The van der Waals surface area contributed by atoms with Gasteiger partial charge in [-0.1, -0.05) is 15.9 Å². The molecule has 4 aromatic rings. The van der Waals surface area contributed by atoms with E-state index in [1.54, 1.807) is 24.3 Å². The van der Waals surface area contributed by atoms with Gasteiger partial charge >= 0.3 is 6.61 Å². The highest BCUT2D eigenvalue weighted by Crippen LogP contribution is 2.27. The van der Waals surface area contributed by atoms with Crippen LogP contribution < -0.4 is 9.47 Å². The summed E-state index contributed by atoms with van der Waals surface area (Å²) in [6, 6.07) is 16.8. The highest BCUT2D eigenvalue weighted by Gasteiger charge is 2.15. The molecule has 0 saturated carbocycles. The van der Waals surface area contributed by atoms with Crippen LogP contribution in [0.3, 0.4) is 0 Å². The molecular formula is C20H13BrF2N2O4. The lowest BCUT2D eigenvalue weighted by atomic mass is 10.2. The summed E-state index contributed by atoms with van der Waals surface area (Å²) in [6.07, 6.45) is 0. The first-order valence-corrected chi connectivity index (χ1v) is 9.22. The van der Waals surface area contributed by atoms with Crippen molar-refractivity contribution in [2.45, 2.75) is 13.2 Å². The number of alkyl halides is 2. The Hall–Kier alpha value is -3.20. The van der Waals surface area contributed by atoms with Gasteiger partial charge in [0, 0.05) is 10.0 Å². The van der Waals surface area contributed by atoms with Gasteiger partial charge in [-0.3, -0.25) is 0 Å². The van der Waals surface area contributed by atoms with E-state index in [9.17, 15) is 8.78 Å². The number of benzene rings is 2. The molecule has 0 radical (unpaired) electrons. The number of hydrogen-bond donors (Lipinski definition) is 0. The Morgan fingerprint density at radius 1 is 0.828 bits per heavy atom. The summed E-state index contributed by atoms with van der Waals surface area (Å²) in [5.74, 6) is 2.18. The van der Waals surface area contributed by atoms with Crippen molar-refractivity contribution >= 4 is 15.9 Å². The summed E-state index contributed by atoms with van der Waals surface area (Å²) in [7, 11) is 0. The molecule has 0 atom stereocenters. The van der Waals surface area contributed by atoms with Gasteiger partial charge in [-0.05, 0) is 60.7 Å². The second kappa shape index (κ2) is 8.44. The van der Waals surface area contributed by atoms with E-state index < -0.39 is 6.61 Å². The zero-order valence-corrected chi connectivity index (χ0v) is 16.3. The van der Waals surface area contributed by atoms with Gasteiger partial charge in [-0.15, -0.1) is 10.2 Å². The molecule has 0 bridgehead atoms. The largest absolute Gasteiger partial charge is 0.486 e. The van der Waals surface area contributed by atoms with E-state index >= 15 is 0 Å². The second-order valence-electron chi connectivity index (χ2n) is 5.82. The summed E-state index contributed by atoms with van der Waals surface area (Å²) in [5.41, 5.74) is 0.565. The Morgan fingerprint density at radius 3 is 2.24 bits per heavy atom. The normalized spacial score (nSPS) is 11.0. The summed E-state index contributed by atoms with van der Waals surface area (Å²) in [6.45, 7) is -2.63. The van der Waals surface area contributed by atoms with E-state index in [4.69, 9.17) is 13.6 Å². The Morgan fingerprint density at radius 2 is 1.52 bits per heavy atom. The van der Waals surface area contributed by atoms with Crippen LogP contribution in [0.2, 0.25) is 0 Å². The Balaban J connectivity index is 1.42. The van der Waals surface area contributed by atoms with Crippen LogP contribution >= 0.6 is 15.9 Å². The standard InChI is InChI=1S/C20H13BrF2N2O4/c21-13-3-7-14(8-4-13)26-11-16-9-10-17(27-16)19-25-24-18(29-19)12-1-5-15(6-2-12)28-20(22)23/h1-10,20H,11H2. The molecule has 0 saturated heterocycles. The summed E-state index contributed by atoms with van der Waals surface area (Å²) in [4.78, 5) is 0. The van der Waals surface area contributed by atoms with Gasteiger partial charge in [0.15, 0.2) is 5.76 Å². The van der Waals surface area contributed by atoms with Crippen molar-refractivity contribution in [1.29, 1.82) is 0 Å². The van der Waals surface area contributed by atoms with E-state index in [0.717, 1.165) is 4.47 Å². The topological polar surface area (TPSA) is 70.5 Å². The quantitative estimate of drug-likeness (QED) is 0.338. The van der Waals surface area contributed by atoms with Gasteiger partial charge in [0.1, 0.15) is 23.9 Å². The van der Waals surface area contributed by atoms with Gasteiger partial charge in [0.25, 0.3) is 5.89 Å². The van der Waals surface area contributed by atoms with Gasteiger partial charge < -0.3 is 18.3 Å². The zero-order valence-electron chi connectivity index (χ0n) is 14.7. The van der Waals surface area contributed by atoms with Crippen molar-refractivity contribution < 1.29 is 27.1 Å². The predicted molar refractivity (Wildman–Crippen MR) is 103 cm³/mol. The highest BCUT2D eigenvalue weighted by atomic mass is 79.9. The lowest BCUT2D eigenvalue weighted by Crippen LogP contribution is -2.01. The van der Waals surface area contributed by atoms with Crippen LogP contribution in [0.5, 0.6) is 11.5 Å². The molecule has 148 valence electrons. The number of furan rings is 1. The number of halogens is 3. The third kappa shape index (κ3) is 4.80. The third-order valence-electron chi connectivity index (χ3n) is 3.82. The Kier molecular flexibility index (Phi) is 5.57. The predicted octanol–water partition coefficient (Wildman–Crippen LogP) is 5.94. The molecule has 0 fully saturated rings.